The van der Waals surface area contributed by atoms with E-state index in [-0.39, 0.29) is 23.5 Å². The van der Waals surface area contributed by atoms with Crippen molar-refractivity contribution in [2.24, 2.45) is 0 Å². The molecule has 4 rings (SSSR count). The molecule has 1 amide bonds. The third-order valence-corrected chi connectivity index (χ3v) is 7.77. The van der Waals surface area contributed by atoms with Crippen LogP contribution >= 0.6 is 11.3 Å². The van der Waals surface area contributed by atoms with E-state index in [1.807, 2.05) is 41.8 Å². The van der Waals surface area contributed by atoms with Crippen molar-refractivity contribution in [1.82, 2.24) is 15.1 Å². The number of nitrogens with one attached hydrogen (secondary N) is 1. The highest BCUT2D eigenvalue weighted by Crippen LogP contribution is 2.32. The highest BCUT2D eigenvalue weighted by molar-refractivity contribution is 7.91. The molecule has 1 fully saturated rings. The van der Waals surface area contributed by atoms with E-state index >= 15 is 0 Å². The van der Waals surface area contributed by atoms with Gasteiger partial charge in [-0.25, -0.2) is 8.42 Å². The van der Waals surface area contributed by atoms with E-state index in [0.717, 1.165) is 21.9 Å². The standard InChI is InChI=1S/C21H23N3O4S2/c1-28-17-5-2-4-15(12-17)7-9-22-21(25)18-13-19(20-6-3-10-29-20)24(23-18)16-8-11-30(26,27)14-16/h2-6,10,12-13,16H,7-9,11,14H2,1H3,(H,22,25). The predicted octanol–water partition coefficient (Wildman–Crippen LogP) is 2.95. The van der Waals surface area contributed by atoms with Crippen LogP contribution in [0, 0.1) is 0 Å². The number of benzene rings is 1. The van der Waals surface area contributed by atoms with E-state index < -0.39 is 9.84 Å². The fraction of sp³-hybridized carbons (Fsp3) is 0.333. The van der Waals surface area contributed by atoms with Gasteiger partial charge in [0.05, 0.1) is 35.2 Å². The number of carbonyl (C=O) groups is 1. The van der Waals surface area contributed by atoms with Crippen molar-refractivity contribution in [2.75, 3.05) is 25.2 Å². The Morgan fingerprint density at radius 2 is 2.17 bits per heavy atom. The van der Waals surface area contributed by atoms with Crippen molar-refractivity contribution in [3.05, 3.63) is 59.1 Å². The van der Waals surface area contributed by atoms with Gasteiger partial charge in [-0.15, -0.1) is 11.3 Å². The molecule has 1 atom stereocenters. The van der Waals surface area contributed by atoms with Crippen LogP contribution in [0.5, 0.6) is 5.75 Å². The summed E-state index contributed by atoms with van der Waals surface area (Å²) in [5.41, 5.74) is 2.15. The molecule has 7 nitrogen and oxygen atoms in total. The van der Waals surface area contributed by atoms with Gasteiger partial charge >= 0.3 is 0 Å². The van der Waals surface area contributed by atoms with Gasteiger partial charge in [0.2, 0.25) is 0 Å². The third-order valence-electron chi connectivity index (χ3n) is 5.13. The van der Waals surface area contributed by atoms with E-state index in [2.05, 4.69) is 10.4 Å². The topological polar surface area (TPSA) is 90.3 Å². The minimum absolute atomic E-state index is 0.0595. The van der Waals surface area contributed by atoms with Crippen LogP contribution in [-0.4, -0.2) is 49.3 Å². The lowest BCUT2D eigenvalue weighted by molar-refractivity contribution is 0.0948. The first-order chi connectivity index (χ1) is 14.4. The molecule has 0 bridgehead atoms. The van der Waals surface area contributed by atoms with Crippen molar-refractivity contribution < 1.29 is 17.9 Å². The van der Waals surface area contributed by atoms with Crippen LogP contribution in [0.2, 0.25) is 0 Å². The lowest BCUT2D eigenvalue weighted by atomic mass is 10.1. The summed E-state index contributed by atoms with van der Waals surface area (Å²) in [7, 11) is -1.44. The largest absolute Gasteiger partial charge is 0.497 e. The Morgan fingerprint density at radius 1 is 1.30 bits per heavy atom. The summed E-state index contributed by atoms with van der Waals surface area (Å²) in [4.78, 5) is 13.7. The lowest BCUT2D eigenvalue weighted by Gasteiger charge is -2.12. The Balaban J connectivity index is 1.49. The summed E-state index contributed by atoms with van der Waals surface area (Å²) < 4.78 is 30.8. The molecule has 3 aromatic rings. The van der Waals surface area contributed by atoms with E-state index in [1.165, 1.54) is 11.3 Å². The summed E-state index contributed by atoms with van der Waals surface area (Å²) in [6.07, 6.45) is 1.18. The molecular formula is C21H23N3O4S2. The maximum Gasteiger partial charge on any atom is 0.271 e. The fourth-order valence-corrected chi connectivity index (χ4v) is 6.03. The second-order valence-electron chi connectivity index (χ2n) is 7.25. The van der Waals surface area contributed by atoms with Crippen LogP contribution in [0.25, 0.3) is 10.6 Å². The molecule has 0 radical (unpaired) electrons. The maximum absolute atomic E-state index is 12.7. The number of hydrogen-bond acceptors (Lipinski definition) is 6. The zero-order chi connectivity index (χ0) is 21.1. The molecule has 1 aromatic carbocycles. The van der Waals surface area contributed by atoms with Gasteiger partial charge in [-0.05, 0) is 48.1 Å². The van der Waals surface area contributed by atoms with Gasteiger partial charge in [0, 0.05) is 6.54 Å². The summed E-state index contributed by atoms with van der Waals surface area (Å²) in [6.45, 7) is 0.463. The first-order valence-electron chi connectivity index (χ1n) is 9.70. The van der Waals surface area contributed by atoms with Crippen LogP contribution in [0.3, 0.4) is 0 Å². The quantitative estimate of drug-likeness (QED) is 0.604. The van der Waals surface area contributed by atoms with Crippen molar-refractivity contribution in [2.45, 2.75) is 18.9 Å². The SMILES string of the molecule is COc1cccc(CCNC(=O)c2cc(-c3cccs3)n(C3CCS(=O)(=O)C3)n2)c1. The highest BCUT2D eigenvalue weighted by atomic mass is 32.2. The molecule has 2 aromatic heterocycles. The molecule has 0 saturated carbocycles. The lowest BCUT2D eigenvalue weighted by Crippen LogP contribution is -2.26. The average Bonchev–Trinajstić information content (AvgIpc) is 3.47. The number of ether oxygens (including phenoxy) is 1. The zero-order valence-corrected chi connectivity index (χ0v) is 18.2. The van der Waals surface area contributed by atoms with E-state index in [4.69, 9.17) is 4.74 Å². The summed E-state index contributed by atoms with van der Waals surface area (Å²) >= 11 is 1.54. The molecule has 1 aliphatic heterocycles. The van der Waals surface area contributed by atoms with Gasteiger partial charge in [0.25, 0.3) is 5.91 Å². The Bertz CT molecular complexity index is 1140. The molecular weight excluding hydrogens is 422 g/mol. The molecule has 0 spiro atoms. The molecule has 0 aliphatic carbocycles. The highest BCUT2D eigenvalue weighted by Gasteiger charge is 2.32. The molecule has 1 saturated heterocycles. The minimum atomic E-state index is -3.06. The molecule has 3 heterocycles. The number of carbonyl (C=O) groups excluding carboxylic acids is 1. The Hall–Kier alpha value is -2.65. The Morgan fingerprint density at radius 3 is 2.87 bits per heavy atom. The molecule has 1 N–H and O–H groups in total. The van der Waals surface area contributed by atoms with Crippen LogP contribution in [-0.2, 0) is 16.3 Å². The first kappa shape index (κ1) is 20.6. The second-order valence-corrected chi connectivity index (χ2v) is 10.4. The number of aromatic nitrogens is 2. The number of thiophene rings is 1. The minimum Gasteiger partial charge on any atom is -0.497 e. The van der Waals surface area contributed by atoms with Crippen LogP contribution in [0.15, 0.2) is 47.8 Å². The number of nitrogens with zero attached hydrogens (tertiary/aromatic N) is 2. The van der Waals surface area contributed by atoms with Gasteiger partial charge in [-0.1, -0.05) is 18.2 Å². The van der Waals surface area contributed by atoms with Crippen molar-refractivity contribution in [1.29, 1.82) is 0 Å². The smallest absolute Gasteiger partial charge is 0.271 e. The van der Waals surface area contributed by atoms with Gasteiger partial charge in [0.15, 0.2) is 15.5 Å². The van der Waals surface area contributed by atoms with E-state index in [0.29, 0.717) is 25.1 Å². The van der Waals surface area contributed by atoms with Gasteiger partial charge in [0.1, 0.15) is 5.75 Å². The van der Waals surface area contributed by atoms with Crippen LogP contribution < -0.4 is 10.1 Å². The number of hydrogen-bond donors (Lipinski definition) is 1. The fourth-order valence-electron chi connectivity index (χ4n) is 3.60. The van der Waals surface area contributed by atoms with Crippen molar-refractivity contribution >= 4 is 27.1 Å². The molecule has 1 aliphatic rings. The van der Waals surface area contributed by atoms with Crippen LogP contribution in [0.1, 0.15) is 28.5 Å². The maximum atomic E-state index is 12.7. The molecule has 30 heavy (non-hydrogen) atoms. The Labute approximate surface area is 179 Å². The predicted molar refractivity (Wildman–Crippen MR) is 117 cm³/mol. The molecule has 9 heteroatoms. The Kier molecular flexibility index (Phi) is 5.92. The van der Waals surface area contributed by atoms with Gasteiger partial charge in [-0.2, -0.15) is 5.10 Å². The zero-order valence-electron chi connectivity index (χ0n) is 16.6. The van der Waals surface area contributed by atoms with Gasteiger partial charge < -0.3 is 10.1 Å². The molecule has 158 valence electrons. The normalized spacial score (nSPS) is 17.7. The van der Waals surface area contributed by atoms with Gasteiger partial charge in [-0.3, -0.25) is 9.48 Å². The average molecular weight is 446 g/mol. The number of sulfone groups is 1. The summed E-state index contributed by atoms with van der Waals surface area (Å²) in [6, 6.07) is 13.1. The third kappa shape index (κ3) is 4.57. The van der Waals surface area contributed by atoms with Crippen molar-refractivity contribution in [3.63, 3.8) is 0 Å². The first-order valence-corrected chi connectivity index (χ1v) is 12.4. The van der Waals surface area contributed by atoms with Crippen LogP contribution in [0.4, 0.5) is 0 Å². The van der Waals surface area contributed by atoms with E-state index in [1.54, 1.807) is 17.9 Å². The number of methoxy groups -OCH3 is 1. The second kappa shape index (κ2) is 8.61. The number of amides is 1. The summed E-state index contributed by atoms with van der Waals surface area (Å²) in [5.74, 6) is 0.730. The molecule has 1 unspecified atom stereocenters. The van der Waals surface area contributed by atoms with E-state index in [9.17, 15) is 13.2 Å². The monoisotopic (exact) mass is 445 g/mol. The van der Waals surface area contributed by atoms with Crippen molar-refractivity contribution in [3.8, 4) is 16.3 Å². The number of rotatable bonds is 7. The summed E-state index contributed by atoms with van der Waals surface area (Å²) in [5, 5.41) is 9.35.